The molecule has 0 saturated heterocycles. The molecule has 0 radical (unpaired) electrons. The van der Waals surface area contributed by atoms with Crippen molar-refractivity contribution < 1.29 is 14.3 Å². The van der Waals surface area contributed by atoms with Crippen LogP contribution >= 0.6 is 0 Å². The van der Waals surface area contributed by atoms with Gasteiger partial charge in [0, 0.05) is 19.2 Å². The summed E-state index contributed by atoms with van der Waals surface area (Å²) in [7, 11) is 1.32. The van der Waals surface area contributed by atoms with Gasteiger partial charge in [-0.1, -0.05) is 18.2 Å². The summed E-state index contributed by atoms with van der Waals surface area (Å²) in [5.74, 6) is -0.113. The average Bonchev–Trinajstić information content (AvgIpc) is 2.30. The molecule has 0 fully saturated rings. The Morgan fingerprint density at radius 1 is 1.29 bits per heavy atom. The molecule has 0 aliphatic rings. The first kappa shape index (κ1) is 13.0. The van der Waals surface area contributed by atoms with Gasteiger partial charge in [-0.05, 0) is 18.1 Å². The van der Waals surface area contributed by atoms with Gasteiger partial charge >= 0.3 is 6.09 Å². The van der Waals surface area contributed by atoms with E-state index < -0.39 is 6.09 Å². The van der Waals surface area contributed by atoms with Crippen molar-refractivity contribution in [2.75, 3.05) is 19.0 Å². The van der Waals surface area contributed by atoms with E-state index in [9.17, 15) is 9.59 Å². The number of alkyl carbamates (subject to hydrolysis) is 1. The minimum absolute atomic E-state index is 0.113. The topological polar surface area (TPSA) is 67.4 Å². The minimum atomic E-state index is -0.456. The van der Waals surface area contributed by atoms with Gasteiger partial charge in [0.15, 0.2) is 0 Å². The number of para-hydroxylation sites is 1. The Kier molecular flexibility index (Phi) is 5.00. The van der Waals surface area contributed by atoms with Crippen molar-refractivity contribution in [3.63, 3.8) is 0 Å². The molecule has 0 spiro atoms. The van der Waals surface area contributed by atoms with Gasteiger partial charge in [-0.2, -0.15) is 0 Å². The average molecular weight is 236 g/mol. The summed E-state index contributed by atoms with van der Waals surface area (Å²) < 4.78 is 4.46. The zero-order valence-electron chi connectivity index (χ0n) is 9.95. The smallest absolute Gasteiger partial charge is 0.406 e. The molecule has 0 aliphatic heterocycles. The zero-order valence-corrected chi connectivity index (χ0v) is 9.95. The van der Waals surface area contributed by atoms with Crippen molar-refractivity contribution in [2.24, 2.45) is 0 Å². The van der Waals surface area contributed by atoms with Crippen LogP contribution in [-0.4, -0.2) is 25.7 Å². The molecule has 0 aromatic heterocycles. The molecule has 0 unspecified atom stereocenters. The first-order valence-electron chi connectivity index (χ1n) is 5.31. The standard InChI is InChI=1S/C12H16N2O3/c1-9(15)14-11-6-4-3-5-10(11)7-8-13-12(16)17-2/h3-6H,7-8H2,1-2H3,(H,13,16)(H,14,15). The number of hydrogen-bond donors (Lipinski definition) is 2. The maximum Gasteiger partial charge on any atom is 0.406 e. The molecule has 5 heteroatoms. The number of benzene rings is 1. The van der Waals surface area contributed by atoms with E-state index in [-0.39, 0.29) is 5.91 Å². The summed E-state index contributed by atoms with van der Waals surface area (Å²) in [5, 5.41) is 5.33. The molecular weight excluding hydrogens is 220 g/mol. The molecule has 0 bridgehead atoms. The number of ether oxygens (including phenoxy) is 1. The van der Waals surface area contributed by atoms with Gasteiger partial charge in [0.25, 0.3) is 0 Å². The van der Waals surface area contributed by atoms with Crippen LogP contribution in [0.1, 0.15) is 12.5 Å². The Labute approximate surface area is 100 Å². The highest BCUT2D eigenvalue weighted by Crippen LogP contribution is 2.15. The van der Waals surface area contributed by atoms with Crippen molar-refractivity contribution in [3.8, 4) is 0 Å². The predicted octanol–water partition coefficient (Wildman–Crippen LogP) is 1.54. The van der Waals surface area contributed by atoms with Crippen molar-refractivity contribution in [3.05, 3.63) is 29.8 Å². The number of carbonyl (C=O) groups excluding carboxylic acids is 2. The molecule has 2 N–H and O–H groups in total. The fourth-order valence-electron chi connectivity index (χ4n) is 1.42. The summed E-state index contributed by atoms with van der Waals surface area (Å²) in [4.78, 5) is 21.9. The van der Waals surface area contributed by atoms with Gasteiger partial charge in [0.05, 0.1) is 7.11 Å². The maximum atomic E-state index is 11.0. The fourth-order valence-corrected chi connectivity index (χ4v) is 1.42. The van der Waals surface area contributed by atoms with E-state index in [2.05, 4.69) is 15.4 Å². The van der Waals surface area contributed by atoms with Crippen LogP contribution in [0.3, 0.4) is 0 Å². The number of hydrogen-bond acceptors (Lipinski definition) is 3. The SMILES string of the molecule is COC(=O)NCCc1ccccc1NC(C)=O. The van der Waals surface area contributed by atoms with Crippen LogP contribution in [0.25, 0.3) is 0 Å². The van der Waals surface area contributed by atoms with E-state index in [1.54, 1.807) is 0 Å². The number of nitrogens with one attached hydrogen (secondary N) is 2. The molecule has 0 aliphatic carbocycles. The van der Waals surface area contributed by atoms with Gasteiger partial charge in [0.1, 0.15) is 0 Å². The highest BCUT2D eigenvalue weighted by Gasteiger charge is 2.04. The quantitative estimate of drug-likeness (QED) is 0.833. The van der Waals surface area contributed by atoms with Crippen LogP contribution in [0, 0.1) is 0 Å². The minimum Gasteiger partial charge on any atom is -0.453 e. The Morgan fingerprint density at radius 2 is 2.00 bits per heavy atom. The van der Waals surface area contributed by atoms with Crippen molar-refractivity contribution >= 4 is 17.7 Å². The van der Waals surface area contributed by atoms with E-state index in [4.69, 9.17) is 0 Å². The van der Waals surface area contributed by atoms with Gasteiger partial charge in [-0.15, -0.1) is 0 Å². The van der Waals surface area contributed by atoms with Crippen molar-refractivity contribution in [1.29, 1.82) is 0 Å². The predicted molar refractivity (Wildman–Crippen MR) is 64.9 cm³/mol. The lowest BCUT2D eigenvalue weighted by Gasteiger charge is -2.09. The summed E-state index contributed by atoms with van der Waals surface area (Å²) >= 11 is 0. The Bertz CT molecular complexity index is 404. The lowest BCUT2D eigenvalue weighted by molar-refractivity contribution is -0.114. The fraction of sp³-hybridized carbons (Fsp3) is 0.333. The Balaban J connectivity index is 2.57. The van der Waals surface area contributed by atoms with Crippen LogP contribution in [0.4, 0.5) is 10.5 Å². The van der Waals surface area contributed by atoms with Gasteiger partial charge in [-0.3, -0.25) is 4.79 Å². The second-order valence-electron chi connectivity index (χ2n) is 3.51. The largest absolute Gasteiger partial charge is 0.453 e. The summed E-state index contributed by atoms with van der Waals surface area (Å²) in [6, 6.07) is 7.47. The molecule has 0 atom stereocenters. The van der Waals surface area contributed by atoms with Crippen LogP contribution in [0.15, 0.2) is 24.3 Å². The Morgan fingerprint density at radius 3 is 2.65 bits per heavy atom. The lowest BCUT2D eigenvalue weighted by atomic mass is 10.1. The van der Waals surface area contributed by atoms with Crippen LogP contribution in [-0.2, 0) is 16.0 Å². The third kappa shape index (κ3) is 4.55. The molecule has 1 aromatic carbocycles. The molecule has 0 heterocycles. The highest BCUT2D eigenvalue weighted by atomic mass is 16.5. The van der Waals surface area contributed by atoms with Crippen LogP contribution in [0.2, 0.25) is 0 Å². The molecule has 92 valence electrons. The second kappa shape index (κ2) is 6.52. The number of rotatable bonds is 4. The normalized spacial score (nSPS) is 9.53. The van der Waals surface area contributed by atoms with Gasteiger partial charge in [-0.25, -0.2) is 4.79 Å². The molecular formula is C12H16N2O3. The number of amides is 2. The van der Waals surface area contributed by atoms with Crippen LogP contribution < -0.4 is 10.6 Å². The lowest BCUT2D eigenvalue weighted by Crippen LogP contribution is -2.25. The summed E-state index contributed by atoms with van der Waals surface area (Å²) in [6.45, 7) is 1.92. The molecule has 1 rings (SSSR count). The number of methoxy groups -OCH3 is 1. The third-order valence-electron chi connectivity index (χ3n) is 2.18. The molecule has 17 heavy (non-hydrogen) atoms. The van der Waals surface area contributed by atoms with Crippen molar-refractivity contribution in [1.82, 2.24) is 5.32 Å². The first-order chi connectivity index (χ1) is 8.13. The second-order valence-corrected chi connectivity index (χ2v) is 3.51. The van der Waals surface area contributed by atoms with E-state index in [0.29, 0.717) is 13.0 Å². The van der Waals surface area contributed by atoms with Gasteiger partial charge < -0.3 is 15.4 Å². The summed E-state index contributed by atoms with van der Waals surface area (Å²) in [5.41, 5.74) is 1.74. The first-order valence-corrected chi connectivity index (χ1v) is 5.31. The Hall–Kier alpha value is -2.04. The highest BCUT2D eigenvalue weighted by molar-refractivity contribution is 5.89. The maximum absolute atomic E-state index is 11.0. The molecule has 0 saturated carbocycles. The molecule has 1 aromatic rings. The summed E-state index contributed by atoms with van der Waals surface area (Å²) in [6.07, 6.45) is 0.174. The van der Waals surface area contributed by atoms with Gasteiger partial charge in [0.2, 0.25) is 5.91 Å². The molecule has 5 nitrogen and oxygen atoms in total. The third-order valence-corrected chi connectivity index (χ3v) is 2.18. The van der Waals surface area contributed by atoms with E-state index in [0.717, 1.165) is 11.3 Å². The van der Waals surface area contributed by atoms with E-state index in [1.165, 1.54) is 14.0 Å². The zero-order chi connectivity index (χ0) is 12.7. The van der Waals surface area contributed by atoms with Crippen molar-refractivity contribution in [2.45, 2.75) is 13.3 Å². The van der Waals surface area contributed by atoms with E-state index in [1.807, 2.05) is 24.3 Å². The number of anilines is 1. The van der Waals surface area contributed by atoms with E-state index >= 15 is 0 Å². The monoisotopic (exact) mass is 236 g/mol. The van der Waals surface area contributed by atoms with Crippen LogP contribution in [0.5, 0.6) is 0 Å². The molecule has 2 amide bonds. The number of carbonyl (C=O) groups is 2.